The van der Waals surface area contributed by atoms with E-state index in [-0.39, 0.29) is 11.8 Å². The van der Waals surface area contributed by atoms with Crippen LogP contribution >= 0.6 is 0 Å². The monoisotopic (exact) mass is 329 g/mol. The number of hydrogen-bond donors (Lipinski definition) is 2. The fraction of sp³-hybridized carbons (Fsp3) is 0.375. The Labute approximate surface area is 138 Å². The van der Waals surface area contributed by atoms with Crippen LogP contribution in [0, 0.1) is 6.92 Å². The molecule has 8 heteroatoms. The minimum Gasteiger partial charge on any atom is -0.460 e. The van der Waals surface area contributed by atoms with Crippen molar-refractivity contribution in [1.29, 1.82) is 0 Å². The molecule has 0 radical (unpaired) electrons. The van der Waals surface area contributed by atoms with E-state index in [2.05, 4.69) is 25.7 Å². The third-order valence-corrected chi connectivity index (χ3v) is 3.43. The van der Waals surface area contributed by atoms with E-state index < -0.39 is 0 Å². The molecule has 3 heterocycles. The van der Waals surface area contributed by atoms with Crippen LogP contribution in [0.4, 0.5) is 0 Å². The molecule has 0 spiro atoms. The Bertz CT molecular complexity index is 830. The molecule has 24 heavy (non-hydrogen) atoms. The topological polar surface area (TPSA) is 110 Å². The van der Waals surface area contributed by atoms with Gasteiger partial charge in [0.15, 0.2) is 17.3 Å². The molecule has 0 saturated heterocycles. The van der Waals surface area contributed by atoms with E-state index in [0.29, 0.717) is 41.8 Å². The van der Waals surface area contributed by atoms with Crippen LogP contribution < -0.4 is 5.32 Å². The second-order valence-electron chi connectivity index (χ2n) is 5.79. The summed E-state index contributed by atoms with van der Waals surface area (Å²) in [5.74, 6) is 2.54. The molecule has 0 aliphatic rings. The molecule has 0 aromatic carbocycles. The Morgan fingerprint density at radius 2 is 2.21 bits per heavy atom. The number of carbonyl (C=O) groups excluding carboxylic acids is 1. The van der Waals surface area contributed by atoms with Gasteiger partial charge in [0.25, 0.3) is 5.91 Å². The molecule has 0 unspecified atom stereocenters. The molecule has 126 valence electrons. The summed E-state index contributed by atoms with van der Waals surface area (Å²) in [6, 6.07) is 5.33. The van der Waals surface area contributed by atoms with E-state index in [1.165, 1.54) is 0 Å². The maximum Gasteiger partial charge on any atom is 0.271 e. The lowest BCUT2D eigenvalue weighted by atomic mass is 10.2. The van der Waals surface area contributed by atoms with Gasteiger partial charge in [-0.2, -0.15) is 10.1 Å². The second-order valence-corrected chi connectivity index (χ2v) is 5.79. The van der Waals surface area contributed by atoms with Crippen molar-refractivity contribution in [1.82, 2.24) is 25.7 Å². The average Bonchev–Trinajstić information content (AvgIpc) is 3.26. The van der Waals surface area contributed by atoms with E-state index in [4.69, 9.17) is 8.94 Å². The van der Waals surface area contributed by atoms with Crippen molar-refractivity contribution in [3.8, 4) is 11.5 Å². The normalized spacial score (nSPS) is 11.2. The number of furan rings is 1. The maximum atomic E-state index is 12.1. The van der Waals surface area contributed by atoms with Gasteiger partial charge in [-0.1, -0.05) is 19.0 Å². The zero-order valence-corrected chi connectivity index (χ0v) is 13.8. The maximum absolute atomic E-state index is 12.1. The summed E-state index contributed by atoms with van der Waals surface area (Å²) in [4.78, 5) is 16.4. The Balaban J connectivity index is 1.54. The second kappa shape index (κ2) is 6.69. The van der Waals surface area contributed by atoms with Crippen molar-refractivity contribution in [3.63, 3.8) is 0 Å². The van der Waals surface area contributed by atoms with Crippen LogP contribution in [0.5, 0.6) is 0 Å². The molecular formula is C16H19N5O3. The summed E-state index contributed by atoms with van der Waals surface area (Å²) >= 11 is 0. The average molecular weight is 329 g/mol. The van der Waals surface area contributed by atoms with E-state index in [1.54, 1.807) is 6.07 Å². The molecular weight excluding hydrogens is 310 g/mol. The van der Waals surface area contributed by atoms with E-state index >= 15 is 0 Å². The van der Waals surface area contributed by atoms with Gasteiger partial charge in [0.1, 0.15) is 11.5 Å². The lowest BCUT2D eigenvalue weighted by Gasteiger charge is -1.99. The van der Waals surface area contributed by atoms with Crippen LogP contribution in [0.1, 0.15) is 47.7 Å². The van der Waals surface area contributed by atoms with Crippen molar-refractivity contribution >= 4 is 5.91 Å². The predicted octanol–water partition coefficient (Wildman–Crippen LogP) is 2.46. The van der Waals surface area contributed by atoms with Gasteiger partial charge in [-0.05, 0) is 19.1 Å². The molecule has 0 fully saturated rings. The Hall–Kier alpha value is -2.90. The van der Waals surface area contributed by atoms with Crippen molar-refractivity contribution < 1.29 is 13.7 Å². The molecule has 0 saturated carbocycles. The summed E-state index contributed by atoms with van der Waals surface area (Å²) < 4.78 is 10.6. The fourth-order valence-corrected chi connectivity index (χ4v) is 2.13. The number of aryl methyl sites for hydroxylation is 1. The number of carbonyl (C=O) groups is 1. The third-order valence-electron chi connectivity index (χ3n) is 3.43. The minimum absolute atomic E-state index is 0.188. The molecule has 3 aromatic heterocycles. The first-order valence-electron chi connectivity index (χ1n) is 7.76. The summed E-state index contributed by atoms with van der Waals surface area (Å²) in [5.41, 5.74) is 0.961. The first-order valence-corrected chi connectivity index (χ1v) is 7.76. The highest BCUT2D eigenvalue weighted by atomic mass is 16.5. The van der Waals surface area contributed by atoms with Gasteiger partial charge in [0, 0.05) is 24.9 Å². The summed E-state index contributed by atoms with van der Waals surface area (Å²) in [6.45, 7) is 6.22. The van der Waals surface area contributed by atoms with Crippen LogP contribution in [-0.4, -0.2) is 32.8 Å². The van der Waals surface area contributed by atoms with Crippen LogP contribution in [0.15, 0.2) is 27.1 Å². The van der Waals surface area contributed by atoms with Crippen LogP contribution in [-0.2, 0) is 6.42 Å². The third kappa shape index (κ3) is 3.53. The molecule has 0 bridgehead atoms. The van der Waals surface area contributed by atoms with Crippen LogP contribution in [0.2, 0.25) is 0 Å². The van der Waals surface area contributed by atoms with E-state index in [9.17, 15) is 4.79 Å². The number of aromatic nitrogens is 4. The van der Waals surface area contributed by atoms with Gasteiger partial charge in [0.2, 0.25) is 5.89 Å². The molecule has 0 aliphatic carbocycles. The summed E-state index contributed by atoms with van der Waals surface area (Å²) in [5, 5.41) is 13.5. The number of rotatable bonds is 6. The van der Waals surface area contributed by atoms with Crippen molar-refractivity contribution in [2.24, 2.45) is 0 Å². The number of nitrogens with zero attached hydrogens (tertiary/aromatic N) is 3. The van der Waals surface area contributed by atoms with Crippen molar-refractivity contribution in [2.45, 2.75) is 33.1 Å². The number of aromatic amines is 1. The molecule has 8 nitrogen and oxygen atoms in total. The summed E-state index contributed by atoms with van der Waals surface area (Å²) in [7, 11) is 0. The number of amides is 1. The number of H-pyrrole nitrogens is 1. The standard InChI is InChI=1S/C16H19N5O3/c1-9(2)16-18-14(21-24-16)6-7-17-15(22)12-8-11(19-20-12)13-5-4-10(3)23-13/h4-5,8-9H,6-7H2,1-3H3,(H,17,22)(H,19,20). The Morgan fingerprint density at radius 3 is 2.88 bits per heavy atom. The smallest absolute Gasteiger partial charge is 0.271 e. The van der Waals surface area contributed by atoms with Crippen molar-refractivity contribution in [2.75, 3.05) is 6.54 Å². The van der Waals surface area contributed by atoms with Gasteiger partial charge in [0.05, 0.1) is 0 Å². The molecule has 1 amide bonds. The summed E-state index contributed by atoms with van der Waals surface area (Å²) in [6.07, 6.45) is 0.497. The number of nitrogens with one attached hydrogen (secondary N) is 2. The van der Waals surface area contributed by atoms with Gasteiger partial charge in [-0.25, -0.2) is 0 Å². The van der Waals surface area contributed by atoms with Crippen LogP contribution in [0.3, 0.4) is 0 Å². The molecule has 0 aliphatic heterocycles. The van der Waals surface area contributed by atoms with Crippen LogP contribution in [0.25, 0.3) is 11.5 Å². The van der Waals surface area contributed by atoms with E-state index in [1.807, 2.05) is 32.9 Å². The minimum atomic E-state index is -0.270. The Morgan fingerprint density at radius 1 is 1.38 bits per heavy atom. The lowest BCUT2D eigenvalue weighted by molar-refractivity contribution is 0.0949. The fourth-order valence-electron chi connectivity index (χ4n) is 2.13. The van der Waals surface area contributed by atoms with Gasteiger partial charge >= 0.3 is 0 Å². The molecule has 2 N–H and O–H groups in total. The molecule has 3 rings (SSSR count). The van der Waals surface area contributed by atoms with Gasteiger partial charge in [-0.15, -0.1) is 0 Å². The van der Waals surface area contributed by atoms with Crippen molar-refractivity contribution in [3.05, 3.63) is 41.4 Å². The molecule has 0 atom stereocenters. The zero-order chi connectivity index (χ0) is 17.1. The predicted molar refractivity (Wildman–Crippen MR) is 85.5 cm³/mol. The highest BCUT2D eigenvalue weighted by Crippen LogP contribution is 2.20. The lowest BCUT2D eigenvalue weighted by Crippen LogP contribution is -2.26. The van der Waals surface area contributed by atoms with Gasteiger partial charge in [-0.3, -0.25) is 9.89 Å². The first-order chi connectivity index (χ1) is 11.5. The van der Waals surface area contributed by atoms with Gasteiger partial charge < -0.3 is 14.3 Å². The largest absolute Gasteiger partial charge is 0.460 e. The quantitative estimate of drug-likeness (QED) is 0.719. The first kappa shape index (κ1) is 16.0. The highest BCUT2D eigenvalue weighted by Gasteiger charge is 2.14. The Kier molecular flexibility index (Phi) is 4.45. The zero-order valence-electron chi connectivity index (χ0n) is 13.8. The molecule has 3 aromatic rings. The highest BCUT2D eigenvalue weighted by molar-refractivity contribution is 5.93. The van der Waals surface area contributed by atoms with E-state index in [0.717, 1.165) is 5.76 Å². The SMILES string of the molecule is Cc1ccc(-c2cc(C(=O)NCCc3noc(C(C)C)n3)n[nH]2)o1. The number of hydrogen-bond acceptors (Lipinski definition) is 6.